The molecule has 0 aromatic rings. The first kappa shape index (κ1) is 31.6. The van der Waals surface area contributed by atoms with Gasteiger partial charge in [-0.3, -0.25) is 9.59 Å². The van der Waals surface area contributed by atoms with Gasteiger partial charge < -0.3 is 35.4 Å². The van der Waals surface area contributed by atoms with Crippen LogP contribution in [0.25, 0.3) is 0 Å². The molecule has 0 aromatic carbocycles. The zero-order chi connectivity index (χ0) is 30.1. The van der Waals surface area contributed by atoms with Crippen LogP contribution in [0, 0.1) is 28.6 Å². The van der Waals surface area contributed by atoms with Crippen LogP contribution in [0.2, 0.25) is 0 Å². The van der Waals surface area contributed by atoms with E-state index < -0.39 is 69.9 Å². The lowest BCUT2D eigenvalue weighted by Gasteiger charge is -2.60. The smallest absolute Gasteiger partial charge is 0.308 e. The van der Waals surface area contributed by atoms with Crippen LogP contribution < -0.4 is 0 Å². The highest BCUT2D eigenvalue weighted by atomic mass is 16.6. The summed E-state index contributed by atoms with van der Waals surface area (Å²) in [7, 11) is 0. The third-order valence-corrected chi connectivity index (χ3v) is 11.2. The van der Waals surface area contributed by atoms with Crippen LogP contribution in [-0.2, 0) is 14.3 Å². The molecule has 11 atom stereocenters. The summed E-state index contributed by atoms with van der Waals surface area (Å²) in [5, 5.41) is 65.5. The van der Waals surface area contributed by atoms with Gasteiger partial charge in [0.15, 0.2) is 5.78 Å². The molecule has 0 radical (unpaired) electrons. The summed E-state index contributed by atoms with van der Waals surface area (Å²) in [6, 6.07) is 0. The van der Waals surface area contributed by atoms with E-state index in [4.69, 9.17) is 4.74 Å². The zero-order valence-electron chi connectivity index (χ0n) is 24.9. The monoisotopic (exact) mass is 566 g/mol. The summed E-state index contributed by atoms with van der Waals surface area (Å²) >= 11 is 0. The van der Waals surface area contributed by atoms with Gasteiger partial charge in [0.05, 0.1) is 35.9 Å². The number of hydrogen-bond acceptors (Lipinski definition) is 9. The van der Waals surface area contributed by atoms with Crippen molar-refractivity contribution in [2.75, 3.05) is 0 Å². The molecule has 0 aliphatic heterocycles. The molecule has 0 heterocycles. The SMILES string of the molecule is CC(O)CC(=O)OC(CCC(C)(C)O)C(C)(O)C1CCC2(O)C3=CC(=O)C4CC(O)C(O)CC4(C)C3CCC12C. The van der Waals surface area contributed by atoms with Crippen molar-refractivity contribution in [2.45, 2.75) is 141 Å². The summed E-state index contributed by atoms with van der Waals surface area (Å²) in [4.78, 5) is 26.0. The maximum absolute atomic E-state index is 13.4. The average molecular weight is 567 g/mol. The summed E-state index contributed by atoms with van der Waals surface area (Å²) in [5.41, 5.74) is -4.77. The Morgan fingerprint density at radius 1 is 1.10 bits per heavy atom. The van der Waals surface area contributed by atoms with E-state index in [2.05, 4.69) is 0 Å². The number of esters is 1. The normalized spacial score (nSPS) is 42.5. The fourth-order valence-electron chi connectivity index (χ4n) is 8.93. The van der Waals surface area contributed by atoms with E-state index in [-0.39, 0.29) is 43.8 Å². The Labute approximate surface area is 237 Å². The largest absolute Gasteiger partial charge is 0.459 e. The number of fused-ring (bicyclic) bond motifs is 5. The lowest BCUT2D eigenvalue weighted by molar-refractivity contribution is -0.195. The number of allylic oxidation sites excluding steroid dienone is 1. The number of carbonyl (C=O) groups excluding carboxylic acids is 2. The summed E-state index contributed by atoms with van der Waals surface area (Å²) in [5.74, 6) is -1.84. The lowest BCUT2D eigenvalue weighted by Crippen LogP contribution is -2.63. The number of aliphatic hydroxyl groups excluding tert-OH is 3. The molecule has 0 saturated heterocycles. The first-order valence-corrected chi connectivity index (χ1v) is 14.9. The molecule has 3 saturated carbocycles. The van der Waals surface area contributed by atoms with E-state index in [1.165, 1.54) is 6.92 Å². The van der Waals surface area contributed by atoms with Crippen LogP contribution in [0.4, 0.5) is 0 Å². The molecule has 6 N–H and O–H groups in total. The number of carbonyl (C=O) groups is 2. The maximum atomic E-state index is 13.4. The molecule has 9 heteroatoms. The van der Waals surface area contributed by atoms with Gasteiger partial charge in [0.2, 0.25) is 0 Å². The molecule has 4 aliphatic carbocycles. The minimum atomic E-state index is -1.57. The van der Waals surface area contributed by atoms with Crippen molar-refractivity contribution in [2.24, 2.45) is 28.6 Å². The standard InChI is InChI=1S/C31H50O9/c1-17(32)13-26(36)40-25(9-10-27(2,3)37)30(6,38)24-8-12-31(39)19-14-21(33)20-15-22(34)23(35)16-28(20,4)18(19)7-11-29(24,31)5/h14,17-18,20,22-25,32,34-35,37-39H,7-13,15-16H2,1-6H3. The van der Waals surface area contributed by atoms with E-state index in [0.29, 0.717) is 31.3 Å². The number of aliphatic hydroxyl groups is 6. The Morgan fingerprint density at radius 3 is 2.35 bits per heavy atom. The molecule has 4 aliphatic rings. The first-order valence-electron chi connectivity index (χ1n) is 14.9. The molecule has 4 rings (SSSR count). The lowest BCUT2D eigenvalue weighted by atomic mass is 9.45. The van der Waals surface area contributed by atoms with Crippen molar-refractivity contribution in [3.63, 3.8) is 0 Å². The highest BCUT2D eigenvalue weighted by Crippen LogP contribution is 2.68. The van der Waals surface area contributed by atoms with Crippen LogP contribution in [-0.4, -0.2) is 83.6 Å². The predicted octanol–water partition coefficient (Wildman–Crippen LogP) is 2.18. The van der Waals surface area contributed by atoms with Gasteiger partial charge in [-0.2, -0.15) is 0 Å². The Kier molecular flexibility index (Phi) is 8.22. The van der Waals surface area contributed by atoms with Crippen molar-refractivity contribution in [1.82, 2.24) is 0 Å². The fraction of sp³-hybridized carbons (Fsp3) is 0.871. The van der Waals surface area contributed by atoms with Crippen molar-refractivity contribution in [3.8, 4) is 0 Å². The van der Waals surface area contributed by atoms with Crippen LogP contribution in [0.15, 0.2) is 11.6 Å². The van der Waals surface area contributed by atoms with Crippen LogP contribution in [0.5, 0.6) is 0 Å². The number of hydrogen-bond donors (Lipinski definition) is 6. The van der Waals surface area contributed by atoms with Crippen LogP contribution in [0.3, 0.4) is 0 Å². The van der Waals surface area contributed by atoms with E-state index in [1.807, 2.05) is 13.8 Å². The molecule has 3 fully saturated rings. The molecule has 0 amide bonds. The number of rotatable bonds is 8. The third-order valence-electron chi connectivity index (χ3n) is 11.2. The minimum absolute atomic E-state index is 0.136. The maximum Gasteiger partial charge on any atom is 0.308 e. The summed E-state index contributed by atoms with van der Waals surface area (Å²) < 4.78 is 5.76. The first-order chi connectivity index (χ1) is 18.3. The molecule has 9 nitrogen and oxygen atoms in total. The van der Waals surface area contributed by atoms with Gasteiger partial charge in [0.25, 0.3) is 0 Å². The molecule has 0 bridgehead atoms. The number of ketones is 1. The topological polar surface area (TPSA) is 165 Å². The third kappa shape index (κ3) is 5.20. The number of ether oxygens (including phenoxy) is 1. The van der Waals surface area contributed by atoms with Crippen molar-refractivity contribution in [1.29, 1.82) is 0 Å². The van der Waals surface area contributed by atoms with E-state index >= 15 is 0 Å². The summed E-state index contributed by atoms with van der Waals surface area (Å²) in [6.07, 6.45) is 0.485. The quantitative estimate of drug-likeness (QED) is 0.242. The van der Waals surface area contributed by atoms with Crippen molar-refractivity contribution >= 4 is 11.8 Å². The van der Waals surface area contributed by atoms with Gasteiger partial charge >= 0.3 is 5.97 Å². The second-order valence-corrected chi connectivity index (χ2v) is 14.7. The molecular weight excluding hydrogens is 516 g/mol. The summed E-state index contributed by atoms with van der Waals surface area (Å²) in [6.45, 7) is 10.3. The molecular formula is C31H50O9. The highest BCUT2D eigenvalue weighted by molar-refractivity contribution is 5.95. The van der Waals surface area contributed by atoms with Gasteiger partial charge in [-0.25, -0.2) is 0 Å². The van der Waals surface area contributed by atoms with Gasteiger partial charge in [-0.1, -0.05) is 13.8 Å². The fourth-order valence-corrected chi connectivity index (χ4v) is 8.93. The zero-order valence-corrected chi connectivity index (χ0v) is 24.9. The Bertz CT molecular complexity index is 1030. The molecule has 0 spiro atoms. The van der Waals surface area contributed by atoms with Crippen molar-refractivity contribution in [3.05, 3.63) is 11.6 Å². The van der Waals surface area contributed by atoms with Crippen LogP contribution in [0.1, 0.15) is 99.3 Å². The predicted molar refractivity (Wildman–Crippen MR) is 147 cm³/mol. The second kappa shape index (κ2) is 10.4. The van der Waals surface area contributed by atoms with E-state index in [0.717, 1.165) is 0 Å². The average Bonchev–Trinajstić information content (AvgIpc) is 3.09. The van der Waals surface area contributed by atoms with Gasteiger partial charge in [0.1, 0.15) is 11.7 Å². The van der Waals surface area contributed by atoms with Crippen molar-refractivity contribution < 1.29 is 45.0 Å². The second-order valence-electron chi connectivity index (χ2n) is 14.7. The van der Waals surface area contributed by atoms with E-state index in [1.54, 1.807) is 26.8 Å². The highest BCUT2D eigenvalue weighted by Gasteiger charge is 2.69. The Morgan fingerprint density at radius 2 is 1.75 bits per heavy atom. The van der Waals surface area contributed by atoms with Gasteiger partial charge in [-0.15, -0.1) is 0 Å². The molecule has 40 heavy (non-hydrogen) atoms. The Hall–Kier alpha value is -1.36. The Balaban J connectivity index is 1.68. The van der Waals surface area contributed by atoms with Crippen LogP contribution >= 0.6 is 0 Å². The molecule has 11 unspecified atom stereocenters. The van der Waals surface area contributed by atoms with Gasteiger partial charge in [-0.05, 0) is 108 Å². The molecule has 0 aromatic heterocycles. The molecule has 228 valence electrons. The van der Waals surface area contributed by atoms with Gasteiger partial charge in [0, 0.05) is 11.3 Å². The minimum Gasteiger partial charge on any atom is -0.459 e. The van der Waals surface area contributed by atoms with E-state index in [9.17, 15) is 40.2 Å².